The van der Waals surface area contributed by atoms with Crippen molar-refractivity contribution in [2.24, 2.45) is 4.99 Å². The molecule has 4 rings (SSSR count). The number of fused-ring (bicyclic) bond motifs is 1. The van der Waals surface area contributed by atoms with Crippen LogP contribution in [0.3, 0.4) is 0 Å². The van der Waals surface area contributed by atoms with Gasteiger partial charge in [0.2, 0.25) is 0 Å². The number of carbonyl (C=O) groups excluding carboxylic acids is 1. The standard InChI is InChI=1S/C28H31N3O4S/c1-6-30(7-2)20-15-13-19(14-16-20)17-23-26(32)31-25(21-11-9-10-12-22(21)34-5)24(27(33)35-8-3)18(4)29-28(31)36-23/h9-17,25H,6-8H2,1-5H3/b23-17+. The molecule has 8 heteroatoms. The SMILES string of the molecule is CCOC(=O)C1=C(C)N=c2s/c(=C/c3ccc(N(CC)CC)cc3)c(=O)n2C1c1ccccc1OC. The molecular formula is C28H31N3O4S. The van der Waals surface area contributed by atoms with Crippen LogP contribution in [0.1, 0.15) is 44.9 Å². The number of allylic oxidation sites excluding steroid dienone is 1. The number of para-hydroxylation sites is 1. The van der Waals surface area contributed by atoms with E-state index in [0.717, 1.165) is 24.3 Å². The summed E-state index contributed by atoms with van der Waals surface area (Å²) in [5.41, 5.74) is 3.42. The van der Waals surface area contributed by atoms with Gasteiger partial charge >= 0.3 is 5.97 Å². The molecule has 0 fully saturated rings. The minimum atomic E-state index is -0.705. The number of hydrogen-bond acceptors (Lipinski definition) is 7. The maximum atomic E-state index is 13.8. The molecule has 2 aromatic carbocycles. The minimum Gasteiger partial charge on any atom is -0.496 e. The first-order valence-electron chi connectivity index (χ1n) is 12.1. The lowest BCUT2D eigenvalue weighted by Crippen LogP contribution is -2.40. The Hall–Kier alpha value is -3.65. The molecule has 0 saturated heterocycles. The number of benzene rings is 2. The Balaban J connectivity index is 1.88. The van der Waals surface area contributed by atoms with Crippen LogP contribution in [0.25, 0.3) is 6.08 Å². The molecule has 1 aliphatic heterocycles. The summed E-state index contributed by atoms with van der Waals surface area (Å²) in [5.74, 6) is 0.0940. The third-order valence-electron chi connectivity index (χ3n) is 6.27. The van der Waals surface area contributed by atoms with Gasteiger partial charge in [0.15, 0.2) is 4.80 Å². The van der Waals surface area contributed by atoms with E-state index in [0.29, 0.717) is 31.9 Å². The summed E-state index contributed by atoms with van der Waals surface area (Å²) in [6, 6.07) is 14.9. The molecule has 36 heavy (non-hydrogen) atoms. The van der Waals surface area contributed by atoms with Gasteiger partial charge in [-0.2, -0.15) is 0 Å². The molecule has 3 aromatic rings. The molecule has 0 N–H and O–H groups in total. The fourth-order valence-electron chi connectivity index (χ4n) is 4.50. The summed E-state index contributed by atoms with van der Waals surface area (Å²) in [7, 11) is 1.57. The summed E-state index contributed by atoms with van der Waals surface area (Å²) >= 11 is 1.31. The highest BCUT2D eigenvalue weighted by molar-refractivity contribution is 7.07. The van der Waals surface area contributed by atoms with E-state index < -0.39 is 12.0 Å². The van der Waals surface area contributed by atoms with Crippen LogP contribution in [-0.2, 0) is 9.53 Å². The highest BCUT2D eigenvalue weighted by Crippen LogP contribution is 2.35. The monoisotopic (exact) mass is 505 g/mol. The molecule has 1 unspecified atom stereocenters. The first-order chi connectivity index (χ1) is 17.4. The average Bonchev–Trinajstić information content (AvgIpc) is 3.19. The predicted molar refractivity (Wildman–Crippen MR) is 143 cm³/mol. The number of anilines is 1. The van der Waals surface area contributed by atoms with Gasteiger partial charge in [0.05, 0.1) is 29.5 Å². The van der Waals surface area contributed by atoms with Gasteiger partial charge in [-0.15, -0.1) is 0 Å². The highest BCUT2D eigenvalue weighted by atomic mass is 32.1. The van der Waals surface area contributed by atoms with E-state index in [1.54, 1.807) is 25.5 Å². The number of rotatable bonds is 8. The lowest BCUT2D eigenvalue weighted by Gasteiger charge is -2.25. The van der Waals surface area contributed by atoms with Crippen LogP contribution in [0.4, 0.5) is 5.69 Å². The zero-order chi connectivity index (χ0) is 25.8. The fraction of sp³-hybridized carbons (Fsp3) is 0.321. The molecule has 1 aromatic heterocycles. The van der Waals surface area contributed by atoms with Crippen LogP contribution in [0.5, 0.6) is 5.75 Å². The Kier molecular flexibility index (Phi) is 7.74. The van der Waals surface area contributed by atoms with E-state index in [1.807, 2.05) is 42.5 Å². The Labute approximate surface area is 214 Å². The van der Waals surface area contributed by atoms with E-state index in [4.69, 9.17) is 9.47 Å². The molecule has 188 valence electrons. The minimum absolute atomic E-state index is 0.211. The van der Waals surface area contributed by atoms with Crippen molar-refractivity contribution in [1.82, 2.24) is 4.57 Å². The van der Waals surface area contributed by atoms with Gasteiger partial charge in [0.1, 0.15) is 11.8 Å². The van der Waals surface area contributed by atoms with Crippen molar-refractivity contribution in [3.8, 4) is 5.75 Å². The van der Waals surface area contributed by atoms with Crippen molar-refractivity contribution in [3.05, 3.63) is 90.6 Å². The molecule has 0 radical (unpaired) electrons. The van der Waals surface area contributed by atoms with Gasteiger partial charge in [0.25, 0.3) is 5.56 Å². The molecule has 0 saturated carbocycles. The van der Waals surface area contributed by atoms with Crippen LogP contribution in [0.2, 0.25) is 0 Å². The molecule has 0 bridgehead atoms. The van der Waals surface area contributed by atoms with Gasteiger partial charge in [0, 0.05) is 24.3 Å². The number of hydrogen-bond donors (Lipinski definition) is 0. The van der Waals surface area contributed by atoms with E-state index >= 15 is 0 Å². The first kappa shape index (κ1) is 25.4. The second-order valence-electron chi connectivity index (χ2n) is 8.31. The van der Waals surface area contributed by atoms with Gasteiger partial charge < -0.3 is 14.4 Å². The Bertz CT molecular complexity index is 1460. The van der Waals surface area contributed by atoms with E-state index in [-0.39, 0.29) is 12.2 Å². The summed E-state index contributed by atoms with van der Waals surface area (Å²) in [5, 5.41) is 0. The molecule has 1 atom stereocenters. The Morgan fingerprint density at radius 1 is 1.11 bits per heavy atom. The summed E-state index contributed by atoms with van der Waals surface area (Å²) in [6.07, 6.45) is 1.87. The number of ether oxygens (including phenoxy) is 2. The van der Waals surface area contributed by atoms with Crippen LogP contribution in [0, 0.1) is 0 Å². The number of carbonyl (C=O) groups is 1. The number of nitrogens with zero attached hydrogens (tertiary/aromatic N) is 3. The highest BCUT2D eigenvalue weighted by Gasteiger charge is 2.34. The average molecular weight is 506 g/mol. The van der Waals surface area contributed by atoms with Crippen LogP contribution < -0.4 is 24.5 Å². The van der Waals surface area contributed by atoms with Crippen molar-refractivity contribution in [1.29, 1.82) is 0 Å². The van der Waals surface area contributed by atoms with Gasteiger partial charge in [-0.05, 0) is 57.5 Å². The maximum absolute atomic E-state index is 13.8. The molecule has 2 heterocycles. The van der Waals surface area contributed by atoms with Gasteiger partial charge in [-0.25, -0.2) is 9.79 Å². The maximum Gasteiger partial charge on any atom is 0.338 e. The van der Waals surface area contributed by atoms with Crippen molar-refractivity contribution in [2.45, 2.75) is 33.7 Å². The predicted octanol–water partition coefficient (Wildman–Crippen LogP) is 3.65. The molecular weight excluding hydrogens is 474 g/mol. The Morgan fingerprint density at radius 2 is 1.81 bits per heavy atom. The van der Waals surface area contributed by atoms with Crippen LogP contribution in [0.15, 0.2) is 69.6 Å². The zero-order valence-electron chi connectivity index (χ0n) is 21.3. The third-order valence-corrected chi connectivity index (χ3v) is 7.25. The lowest BCUT2D eigenvalue weighted by molar-refractivity contribution is -0.139. The summed E-state index contributed by atoms with van der Waals surface area (Å²) in [4.78, 5) is 34.2. The van der Waals surface area contributed by atoms with Crippen molar-refractivity contribution >= 4 is 29.1 Å². The number of esters is 1. The fourth-order valence-corrected chi connectivity index (χ4v) is 5.55. The number of methoxy groups -OCH3 is 1. The Morgan fingerprint density at radius 3 is 2.44 bits per heavy atom. The second-order valence-corrected chi connectivity index (χ2v) is 9.32. The van der Waals surface area contributed by atoms with Crippen molar-refractivity contribution < 1.29 is 14.3 Å². The normalized spacial score (nSPS) is 15.4. The molecule has 0 amide bonds. The van der Waals surface area contributed by atoms with Crippen LogP contribution in [-0.4, -0.2) is 37.3 Å². The third kappa shape index (κ3) is 4.73. The molecule has 0 aliphatic carbocycles. The quantitative estimate of drug-likeness (QED) is 0.437. The topological polar surface area (TPSA) is 73.1 Å². The zero-order valence-corrected chi connectivity index (χ0v) is 22.1. The smallest absolute Gasteiger partial charge is 0.338 e. The van der Waals surface area contributed by atoms with Gasteiger partial charge in [-0.1, -0.05) is 41.7 Å². The summed E-state index contributed by atoms with van der Waals surface area (Å²) < 4.78 is 13.1. The van der Waals surface area contributed by atoms with Crippen molar-refractivity contribution in [3.63, 3.8) is 0 Å². The van der Waals surface area contributed by atoms with E-state index in [2.05, 4.69) is 35.9 Å². The van der Waals surface area contributed by atoms with Gasteiger partial charge in [-0.3, -0.25) is 9.36 Å². The van der Waals surface area contributed by atoms with E-state index in [9.17, 15) is 9.59 Å². The lowest BCUT2D eigenvalue weighted by atomic mass is 9.95. The van der Waals surface area contributed by atoms with Crippen LogP contribution >= 0.6 is 11.3 Å². The number of thiazole rings is 1. The molecule has 7 nitrogen and oxygen atoms in total. The molecule has 1 aliphatic rings. The van der Waals surface area contributed by atoms with E-state index in [1.165, 1.54) is 11.3 Å². The first-order valence-corrected chi connectivity index (χ1v) is 12.9. The second kappa shape index (κ2) is 11.0. The summed E-state index contributed by atoms with van der Waals surface area (Å²) in [6.45, 7) is 9.87. The number of aromatic nitrogens is 1. The molecule has 0 spiro atoms. The van der Waals surface area contributed by atoms with Crippen molar-refractivity contribution in [2.75, 3.05) is 31.7 Å². The largest absolute Gasteiger partial charge is 0.496 e.